The van der Waals surface area contributed by atoms with Gasteiger partial charge in [0.2, 0.25) is 0 Å². The minimum Gasteiger partial charge on any atom is -0.480 e. The molecule has 4 aliphatic rings. The molecular weight excluding hydrogens is 666 g/mol. The van der Waals surface area contributed by atoms with E-state index in [9.17, 15) is 19.2 Å². The van der Waals surface area contributed by atoms with E-state index in [1.807, 2.05) is 14.7 Å². The van der Waals surface area contributed by atoms with Crippen molar-refractivity contribution < 1.29 is 58.7 Å². The molecule has 4 fully saturated rings. The van der Waals surface area contributed by atoms with Crippen molar-refractivity contribution >= 4 is 24.4 Å². The number of carbonyl (C=O) groups excluding carboxylic acids is 1. The zero-order valence-electron chi connectivity index (χ0n) is 28.1. The van der Waals surface area contributed by atoms with Crippen molar-refractivity contribution in [3.8, 4) is 0 Å². The van der Waals surface area contributed by atoms with Gasteiger partial charge in [-0.15, -0.1) is 0 Å². The minimum absolute atomic E-state index is 0. The summed E-state index contributed by atoms with van der Waals surface area (Å²) in [5.74, 6) is -2.32. The van der Waals surface area contributed by atoms with Crippen LogP contribution in [-0.2, 0) is 43.4 Å². The Balaban J connectivity index is 0.000000320. The molecule has 4 aliphatic heterocycles. The van der Waals surface area contributed by atoms with E-state index in [2.05, 4.69) is 24.5 Å². The second-order valence-electron chi connectivity index (χ2n) is 12.6. The van der Waals surface area contributed by atoms with Gasteiger partial charge in [0.05, 0.1) is 19.6 Å². The quantitative estimate of drug-likeness (QED) is 0.171. The molecule has 0 aromatic carbocycles. The van der Waals surface area contributed by atoms with E-state index in [-0.39, 0.29) is 39.1 Å². The molecule has 47 heavy (non-hydrogen) atoms. The van der Waals surface area contributed by atoms with Crippen LogP contribution in [0.3, 0.4) is 0 Å². The summed E-state index contributed by atoms with van der Waals surface area (Å²) in [6, 6.07) is 0. The Bertz CT molecular complexity index is 868. The molecule has 0 radical (unpaired) electrons. The van der Waals surface area contributed by atoms with Gasteiger partial charge >= 0.3 is 17.9 Å². The second kappa shape index (κ2) is 23.5. The van der Waals surface area contributed by atoms with Crippen LogP contribution in [0, 0.1) is 0 Å². The van der Waals surface area contributed by atoms with Crippen molar-refractivity contribution in [2.75, 3.05) is 157 Å². The van der Waals surface area contributed by atoms with Gasteiger partial charge in [-0.1, -0.05) is 0 Å². The van der Waals surface area contributed by atoms with E-state index < -0.39 is 17.9 Å². The van der Waals surface area contributed by atoms with Gasteiger partial charge < -0.3 is 39.7 Å². The molecule has 2 unspecified atom stereocenters. The smallest absolute Gasteiger partial charge is 0.317 e. The Morgan fingerprint density at radius 1 is 0.447 bits per heavy atom. The van der Waals surface area contributed by atoms with E-state index in [1.54, 1.807) is 0 Å². The van der Waals surface area contributed by atoms with Crippen molar-refractivity contribution in [2.24, 2.45) is 0 Å². The number of aliphatic carboxylic acids is 3. The number of hydrogen-bond acceptors (Lipinski definition) is 13. The Labute approximate surface area is 291 Å². The van der Waals surface area contributed by atoms with Gasteiger partial charge in [0.25, 0.3) is 6.47 Å². The van der Waals surface area contributed by atoms with Crippen LogP contribution in [0.1, 0.15) is 12.8 Å². The first-order valence-electron chi connectivity index (χ1n) is 16.7. The summed E-state index contributed by atoms with van der Waals surface area (Å²) in [6.07, 6.45) is 2.25. The molecule has 266 valence electrons. The fourth-order valence-corrected chi connectivity index (χ4v) is 6.40. The predicted molar refractivity (Wildman–Crippen MR) is 171 cm³/mol. The molecule has 16 nitrogen and oxygen atoms in total. The number of rotatable bonds is 9. The zero-order valence-corrected chi connectivity index (χ0v) is 31.1. The number of hydrogen-bond donors (Lipinski definition) is 3. The third kappa shape index (κ3) is 17.9. The van der Waals surface area contributed by atoms with E-state index in [0.717, 1.165) is 144 Å². The van der Waals surface area contributed by atoms with Crippen molar-refractivity contribution in [2.45, 2.75) is 12.8 Å². The van der Waals surface area contributed by atoms with Crippen LogP contribution in [0.4, 0.5) is 0 Å². The molecule has 4 bridgehead atoms. The van der Waals surface area contributed by atoms with Crippen LogP contribution in [0.5, 0.6) is 0 Å². The van der Waals surface area contributed by atoms with Crippen LogP contribution in [0.2, 0.25) is 0 Å². The maximum absolute atomic E-state index is 11.0. The average molecular weight is 722 g/mol. The summed E-state index contributed by atoms with van der Waals surface area (Å²) < 4.78 is 4.92. The molecule has 0 aromatic rings. The maximum Gasteiger partial charge on any atom is 0.317 e. The van der Waals surface area contributed by atoms with Crippen LogP contribution in [0.25, 0.3) is 0 Å². The van der Waals surface area contributed by atoms with Gasteiger partial charge in [-0.3, -0.25) is 38.8 Å². The van der Waals surface area contributed by atoms with E-state index >= 15 is 0 Å². The molecule has 4 saturated heterocycles. The molecule has 0 amide bonds. The molecular formula is C30H56N8O8Zn. The van der Waals surface area contributed by atoms with Crippen LogP contribution in [0.15, 0.2) is 0 Å². The number of fused-ring (bicyclic) bond motifs is 8. The second-order valence-corrected chi connectivity index (χ2v) is 12.6. The normalized spacial score (nSPS) is 27.8. The fraction of sp³-hybridized carbons (Fsp3) is 0.867. The van der Waals surface area contributed by atoms with E-state index in [4.69, 9.17) is 20.1 Å². The summed E-state index contributed by atoms with van der Waals surface area (Å²) in [7, 11) is 0. The number of nitrogens with zero attached hydrogens (tertiary/aromatic N) is 8. The van der Waals surface area contributed by atoms with Crippen LogP contribution in [-0.4, -0.2) is 236 Å². The van der Waals surface area contributed by atoms with Crippen LogP contribution < -0.4 is 0 Å². The molecule has 4 rings (SSSR count). The van der Waals surface area contributed by atoms with E-state index in [1.165, 1.54) is 0 Å². The Morgan fingerprint density at radius 3 is 0.936 bits per heavy atom. The number of carboxylic acids is 3. The van der Waals surface area contributed by atoms with E-state index in [0.29, 0.717) is 13.2 Å². The Morgan fingerprint density at radius 2 is 0.702 bits per heavy atom. The van der Waals surface area contributed by atoms with Gasteiger partial charge in [-0.2, -0.15) is 0 Å². The summed E-state index contributed by atoms with van der Waals surface area (Å²) >= 11 is 0. The average Bonchev–Trinajstić information content (AvgIpc) is 3.01. The summed E-state index contributed by atoms with van der Waals surface area (Å²) in [6.45, 7) is 18.4. The Hall–Kier alpha value is -1.82. The van der Waals surface area contributed by atoms with Gasteiger partial charge in [-0.05, 0) is 39.0 Å². The number of ether oxygens (including phenoxy) is 1. The van der Waals surface area contributed by atoms with Crippen LogP contribution >= 0.6 is 0 Å². The summed E-state index contributed by atoms with van der Waals surface area (Å²) in [4.78, 5) is 61.1. The van der Waals surface area contributed by atoms with Crippen molar-refractivity contribution in [3.05, 3.63) is 0 Å². The standard InChI is InChI=1S/2C15H28N4O4.Zn/c20-14-23-13-19-10-6-16-2-1-3-17(7-11-19)5-9-18(8-4-16)12-15(21)22;20-14(21)12-18-8-4-16-2-1-3-17(6-10-18)7-11-19(9-5-16)13-15(22)23;/h14H,1-13H2,(H,21,22);1-13H2,(H,20,21)(H,22,23);. The topological polar surface area (TPSA) is 164 Å². The van der Waals surface area contributed by atoms with Crippen molar-refractivity contribution in [1.29, 1.82) is 0 Å². The molecule has 17 heteroatoms. The summed E-state index contributed by atoms with van der Waals surface area (Å²) in [5.41, 5.74) is 0. The molecule has 4 heterocycles. The monoisotopic (exact) mass is 720 g/mol. The first-order valence-corrected chi connectivity index (χ1v) is 16.7. The Kier molecular flexibility index (Phi) is 20.7. The maximum atomic E-state index is 11.0. The summed E-state index contributed by atoms with van der Waals surface area (Å²) in [5, 5.41) is 27.1. The molecule has 3 N–H and O–H groups in total. The third-order valence-corrected chi connectivity index (χ3v) is 9.16. The molecule has 2 atom stereocenters. The molecule has 0 aliphatic carbocycles. The molecule has 0 spiro atoms. The van der Waals surface area contributed by atoms with Gasteiger partial charge in [0.1, 0.15) is 6.73 Å². The largest absolute Gasteiger partial charge is 0.480 e. The SMILES string of the molecule is O=C(O)CN1CCN2CCCN(CC1)CCN(CC(=O)O)CC2.O=COCN1CCN2CCCN(CC1)CCN(CC(=O)O)CC2.[Zn]. The first-order chi connectivity index (χ1) is 22.2. The molecule has 0 aromatic heterocycles. The minimum atomic E-state index is -0.778. The van der Waals surface area contributed by atoms with Crippen molar-refractivity contribution in [3.63, 3.8) is 0 Å². The third-order valence-electron chi connectivity index (χ3n) is 9.16. The van der Waals surface area contributed by atoms with Gasteiger partial charge in [-0.25, -0.2) is 0 Å². The number of carboxylic acid groups (broad SMARTS) is 3. The first kappa shape index (κ1) is 41.4. The van der Waals surface area contributed by atoms with Crippen molar-refractivity contribution in [1.82, 2.24) is 39.2 Å². The molecule has 0 saturated carbocycles. The zero-order chi connectivity index (χ0) is 33.1. The van der Waals surface area contributed by atoms with Gasteiger partial charge in [0, 0.05) is 124 Å². The fourth-order valence-electron chi connectivity index (χ4n) is 6.40. The number of carbonyl (C=O) groups is 4. The van der Waals surface area contributed by atoms with Gasteiger partial charge in [0.15, 0.2) is 0 Å². The predicted octanol–water partition coefficient (Wildman–Crippen LogP) is -2.39.